The molecule has 5 heteroatoms. The number of nitrogens with one attached hydrogen (secondary N) is 2. The average molecular weight is 296 g/mol. The maximum atomic E-state index is 11.3. The van der Waals surface area contributed by atoms with Crippen LogP contribution in [0.4, 0.5) is 5.69 Å². The summed E-state index contributed by atoms with van der Waals surface area (Å²) in [7, 11) is 1.88. The molecule has 1 amide bonds. The van der Waals surface area contributed by atoms with Gasteiger partial charge in [-0.1, -0.05) is 39.8 Å². The van der Waals surface area contributed by atoms with Crippen LogP contribution in [0.2, 0.25) is 0 Å². The van der Waals surface area contributed by atoms with Gasteiger partial charge >= 0.3 is 0 Å². The first kappa shape index (κ1) is 21.6. The monoisotopic (exact) mass is 296 g/mol. The first-order chi connectivity index (χ1) is 10.3. The van der Waals surface area contributed by atoms with E-state index in [2.05, 4.69) is 10.6 Å². The van der Waals surface area contributed by atoms with Crippen LogP contribution in [0.25, 0.3) is 0 Å². The molecule has 0 heterocycles. The van der Waals surface area contributed by atoms with Crippen LogP contribution in [0.5, 0.6) is 0 Å². The Morgan fingerprint density at radius 3 is 2.19 bits per heavy atom. The number of hydrogen-bond acceptors (Lipinski definition) is 4. The lowest BCUT2D eigenvalue weighted by Gasteiger charge is -2.06. The fourth-order valence-corrected chi connectivity index (χ4v) is 1.31. The van der Waals surface area contributed by atoms with E-state index in [9.17, 15) is 9.59 Å². The van der Waals surface area contributed by atoms with Crippen molar-refractivity contribution in [1.29, 1.82) is 0 Å². The van der Waals surface area contributed by atoms with Gasteiger partial charge in [-0.15, -0.1) is 0 Å². The van der Waals surface area contributed by atoms with Gasteiger partial charge in [0.25, 0.3) is 0 Å². The summed E-state index contributed by atoms with van der Waals surface area (Å²) in [6.45, 7) is 8.61. The molecule has 120 valence electrons. The molecule has 0 bridgehead atoms. The summed E-state index contributed by atoms with van der Waals surface area (Å²) >= 11 is 0. The van der Waals surface area contributed by atoms with E-state index in [0.29, 0.717) is 12.0 Å². The number of carbonyl (C=O) groups is 2. The molecule has 0 radical (unpaired) electrons. The first-order valence-corrected chi connectivity index (χ1v) is 7.31. The summed E-state index contributed by atoms with van der Waals surface area (Å²) in [5.74, 6) is -0.270. The number of hydrogen-bond donors (Lipinski definition) is 2. The smallest absolute Gasteiger partial charge is 0.250 e. The van der Waals surface area contributed by atoms with Crippen LogP contribution in [0.1, 0.15) is 33.3 Å². The predicted molar refractivity (Wildman–Crippen MR) is 87.4 cm³/mol. The van der Waals surface area contributed by atoms with E-state index in [4.69, 9.17) is 4.74 Å². The Labute approximate surface area is 128 Å². The molecular formula is C16H28N2O3. The Balaban J connectivity index is 0. The molecule has 0 aliphatic rings. The van der Waals surface area contributed by atoms with Gasteiger partial charge in [-0.05, 0) is 24.7 Å². The second-order valence-electron chi connectivity index (χ2n) is 3.46. The van der Waals surface area contributed by atoms with Gasteiger partial charge in [-0.2, -0.15) is 0 Å². The van der Waals surface area contributed by atoms with Crippen molar-refractivity contribution in [3.63, 3.8) is 0 Å². The van der Waals surface area contributed by atoms with Crippen molar-refractivity contribution in [1.82, 2.24) is 5.32 Å². The summed E-state index contributed by atoms with van der Waals surface area (Å²) in [6.07, 6.45) is 0.611. The number of rotatable bonds is 7. The van der Waals surface area contributed by atoms with Crippen molar-refractivity contribution >= 4 is 17.9 Å². The zero-order chi connectivity index (χ0) is 16.5. The maximum absolute atomic E-state index is 11.3. The zero-order valence-electron chi connectivity index (χ0n) is 13.7. The normalized spacial score (nSPS) is 8.62. The molecule has 0 aliphatic heterocycles. The molecule has 0 unspecified atom stereocenters. The summed E-state index contributed by atoms with van der Waals surface area (Å²) in [4.78, 5) is 21.3. The highest BCUT2D eigenvalue weighted by atomic mass is 16.5. The van der Waals surface area contributed by atoms with Crippen LogP contribution >= 0.6 is 0 Å². The van der Waals surface area contributed by atoms with E-state index < -0.39 is 0 Å². The van der Waals surface area contributed by atoms with Gasteiger partial charge in [0.15, 0.2) is 0 Å². The SMILES string of the molecule is CC.CC.CNCc1ccc(NC(=O)COCC=O)cc1. The number of anilines is 1. The van der Waals surface area contributed by atoms with Gasteiger partial charge < -0.3 is 20.2 Å². The van der Waals surface area contributed by atoms with Gasteiger partial charge in [-0.3, -0.25) is 4.79 Å². The van der Waals surface area contributed by atoms with Gasteiger partial charge in [0.05, 0.1) is 0 Å². The van der Waals surface area contributed by atoms with Gasteiger partial charge in [0.2, 0.25) is 5.91 Å². The number of aldehydes is 1. The second-order valence-corrected chi connectivity index (χ2v) is 3.46. The predicted octanol–water partition coefficient (Wildman–Crippen LogP) is 2.61. The van der Waals surface area contributed by atoms with Gasteiger partial charge in [-0.25, -0.2) is 0 Å². The molecule has 0 saturated carbocycles. The fraction of sp³-hybridized carbons (Fsp3) is 0.500. The minimum atomic E-state index is -0.270. The minimum absolute atomic E-state index is 0.0610. The Bertz CT molecular complexity index is 364. The van der Waals surface area contributed by atoms with E-state index in [1.807, 2.05) is 59.0 Å². The lowest BCUT2D eigenvalue weighted by Crippen LogP contribution is -2.18. The van der Waals surface area contributed by atoms with Crippen LogP contribution in [0.15, 0.2) is 24.3 Å². The molecule has 0 aromatic heterocycles. The van der Waals surface area contributed by atoms with Crippen LogP contribution in [-0.2, 0) is 20.9 Å². The molecular weight excluding hydrogens is 268 g/mol. The van der Waals surface area contributed by atoms with Crippen LogP contribution in [0.3, 0.4) is 0 Å². The summed E-state index contributed by atoms with van der Waals surface area (Å²) < 4.78 is 4.79. The van der Waals surface area contributed by atoms with E-state index in [1.165, 1.54) is 0 Å². The van der Waals surface area contributed by atoms with Crippen molar-refractivity contribution in [3.8, 4) is 0 Å². The largest absolute Gasteiger partial charge is 0.364 e. The third-order valence-corrected chi connectivity index (χ3v) is 2.04. The van der Waals surface area contributed by atoms with Gasteiger partial charge in [0.1, 0.15) is 19.5 Å². The van der Waals surface area contributed by atoms with Crippen molar-refractivity contribution in [3.05, 3.63) is 29.8 Å². The van der Waals surface area contributed by atoms with E-state index >= 15 is 0 Å². The molecule has 0 aliphatic carbocycles. The highest BCUT2D eigenvalue weighted by Crippen LogP contribution is 2.09. The van der Waals surface area contributed by atoms with Crippen LogP contribution < -0.4 is 10.6 Å². The lowest BCUT2D eigenvalue weighted by atomic mass is 10.2. The topological polar surface area (TPSA) is 67.4 Å². The molecule has 0 fully saturated rings. The summed E-state index contributed by atoms with van der Waals surface area (Å²) in [5.41, 5.74) is 1.85. The molecule has 0 spiro atoms. The van der Waals surface area contributed by atoms with E-state index in [0.717, 1.165) is 12.1 Å². The number of ether oxygens (including phenoxy) is 1. The molecule has 1 aromatic rings. The molecule has 1 aromatic carbocycles. The second kappa shape index (κ2) is 16.3. The average Bonchev–Trinajstić information content (AvgIpc) is 2.54. The van der Waals surface area contributed by atoms with Crippen molar-refractivity contribution < 1.29 is 14.3 Å². The fourth-order valence-electron chi connectivity index (χ4n) is 1.31. The van der Waals surface area contributed by atoms with Crippen molar-refractivity contribution in [2.45, 2.75) is 34.2 Å². The zero-order valence-corrected chi connectivity index (χ0v) is 13.7. The Morgan fingerprint density at radius 2 is 1.71 bits per heavy atom. The van der Waals surface area contributed by atoms with Crippen LogP contribution in [-0.4, -0.2) is 32.5 Å². The number of carbonyl (C=O) groups excluding carboxylic acids is 2. The van der Waals surface area contributed by atoms with Crippen LogP contribution in [0, 0.1) is 0 Å². The molecule has 0 saturated heterocycles. The van der Waals surface area contributed by atoms with E-state index in [1.54, 1.807) is 0 Å². The Hall–Kier alpha value is -1.72. The molecule has 21 heavy (non-hydrogen) atoms. The Morgan fingerprint density at radius 1 is 1.14 bits per heavy atom. The van der Waals surface area contributed by atoms with Gasteiger partial charge in [0, 0.05) is 12.2 Å². The minimum Gasteiger partial charge on any atom is -0.364 e. The van der Waals surface area contributed by atoms with E-state index in [-0.39, 0.29) is 19.1 Å². The third kappa shape index (κ3) is 11.8. The quantitative estimate of drug-likeness (QED) is 0.599. The van der Waals surface area contributed by atoms with Crippen molar-refractivity contribution in [2.75, 3.05) is 25.6 Å². The number of benzene rings is 1. The summed E-state index contributed by atoms with van der Waals surface area (Å²) in [5, 5.41) is 5.71. The number of amides is 1. The summed E-state index contributed by atoms with van der Waals surface area (Å²) in [6, 6.07) is 7.51. The first-order valence-electron chi connectivity index (χ1n) is 7.31. The molecule has 1 rings (SSSR count). The standard InChI is InChI=1S/C12H16N2O3.2C2H6/c1-13-8-10-2-4-11(5-3-10)14-12(16)9-17-7-6-15;2*1-2/h2-6,13H,7-9H2,1H3,(H,14,16);2*1-2H3. The van der Waals surface area contributed by atoms with Crippen molar-refractivity contribution in [2.24, 2.45) is 0 Å². The lowest BCUT2D eigenvalue weighted by molar-refractivity contribution is -0.122. The Kier molecular flexibility index (Phi) is 16.8. The molecule has 0 atom stereocenters. The molecule has 2 N–H and O–H groups in total. The maximum Gasteiger partial charge on any atom is 0.250 e. The molecule has 5 nitrogen and oxygen atoms in total. The highest BCUT2D eigenvalue weighted by Gasteiger charge is 2.01. The third-order valence-electron chi connectivity index (χ3n) is 2.04. The highest BCUT2D eigenvalue weighted by molar-refractivity contribution is 5.91.